The van der Waals surface area contributed by atoms with Gasteiger partial charge in [0.15, 0.2) is 9.84 Å². The van der Waals surface area contributed by atoms with Crippen LogP contribution >= 0.6 is 0 Å². The number of hydrogen-bond donors (Lipinski definition) is 0. The molecule has 2 rings (SSSR count). The number of aromatic nitrogens is 2. The molecule has 0 atom stereocenters. The molecule has 1 aromatic heterocycles. The molecule has 0 saturated carbocycles. The van der Waals surface area contributed by atoms with Gasteiger partial charge in [0.25, 0.3) is 0 Å². The molecule has 1 aromatic carbocycles. The molecule has 5 nitrogen and oxygen atoms in total. The molecule has 0 aliphatic rings. The first-order valence-corrected chi connectivity index (χ1v) is 9.17. The topological polar surface area (TPSA) is 64.3 Å². The fraction of sp³-hybridized carbons (Fsp3) is 0.294. The van der Waals surface area contributed by atoms with E-state index in [2.05, 4.69) is 16.7 Å². The van der Waals surface area contributed by atoms with Crippen LogP contribution in [-0.4, -0.2) is 45.2 Å². The molecular formula is C17H23F2N3O2S. The molecule has 0 unspecified atom stereocenters. The Morgan fingerprint density at radius 1 is 1.28 bits per heavy atom. The molecule has 2 aromatic rings. The van der Waals surface area contributed by atoms with Gasteiger partial charge in [0.05, 0.1) is 18.3 Å². The lowest BCUT2D eigenvalue weighted by molar-refractivity contribution is 0.589. The molecule has 138 valence electrons. The molecule has 0 spiro atoms. The zero-order chi connectivity index (χ0) is 19.5. The van der Waals surface area contributed by atoms with Gasteiger partial charge < -0.3 is 4.99 Å². The quantitative estimate of drug-likeness (QED) is 0.769. The largest absolute Gasteiger partial charge is 0.304 e. The first-order valence-electron chi connectivity index (χ1n) is 7.28. The van der Waals surface area contributed by atoms with Gasteiger partial charge in [-0.15, -0.1) is 0 Å². The second kappa shape index (κ2) is 11.2. The van der Waals surface area contributed by atoms with Crippen molar-refractivity contribution in [2.24, 2.45) is 4.99 Å². The summed E-state index contributed by atoms with van der Waals surface area (Å²) in [4.78, 5) is 7.27. The van der Waals surface area contributed by atoms with Gasteiger partial charge in [-0.3, -0.25) is 8.96 Å². The second-order valence-corrected chi connectivity index (χ2v) is 6.70. The van der Waals surface area contributed by atoms with Crippen molar-refractivity contribution in [3.05, 3.63) is 48.3 Å². The number of alkyl halides is 1. The summed E-state index contributed by atoms with van der Waals surface area (Å²) in [6, 6.07) is 6.24. The molecule has 8 heteroatoms. The van der Waals surface area contributed by atoms with Gasteiger partial charge in [0.1, 0.15) is 5.82 Å². The minimum Gasteiger partial charge on any atom is -0.304 e. The van der Waals surface area contributed by atoms with Crippen LogP contribution in [0.1, 0.15) is 19.2 Å². The molecule has 0 amide bonds. The summed E-state index contributed by atoms with van der Waals surface area (Å²) < 4.78 is 47.2. The normalized spacial score (nSPS) is 10.5. The smallest absolute Gasteiger partial charge is 0.231 e. The van der Waals surface area contributed by atoms with Gasteiger partial charge in [-0.2, -0.15) is 4.39 Å². The summed E-state index contributed by atoms with van der Waals surface area (Å²) in [6.07, 6.45) is 6.84. The third-order valence-electron chi connectivity index (χ3n) is 2.75. The average molecular weight is 371 g/mol. The third kappa shape index (κ3) is 7.38. The SMILES string of the molecule is C=NC.CC/C=C/c1nc(F)cn1-c1ccc(S(C)(=O)=O)cc1.CF. The molecular weight excluding hydrogens is 348 g/mol. The van der Waals surface area contributed by atoms with Crippen LogP contribution in [0.5, 0.6) is 0 Å². The van der Waals surface area contributed by atoms with Crippen LogP contribution in [0.3, 0.4) is 0 Å². The summed E-state index contributed by atoms with van der Waals surface area (Å²) in [5.41, 5.74) is 0.657. The molecule has 0 fully saturated rings. The number of imidazole rings is 1. The number of benzene rings is 1. The first-order chi connectivity index (χ1) is 11.8. The van der Waals surface area contributed by atoms with Crippen LogP contribution in [0.15, 0.2) is 46.4 Å². The lowest BCUT2D eigenvalue weighted by Gasteiger charge is -2.06. The standard InChI is InChI=1S/C14H15FN2O2S.C2H5N.CH3F/c1-3-4-5-14-16-13(15)10-17(14)11-6-8-12(9-7-11)20(2,18)19;1-3-2;1-2/h4-10H,3H2,1-2H3;1H2,2H3;1H3/b5-4+;;. The summed E-state index contributed by atoms with van der Waals surface area (Å²) >= 11 is 0. The van der Waals surface area contributed by atoms with Crippen molar-refractivity contribution < 1.29 is 17.2 Å². The number of rotatable bonds is 4. The third-order valence-corrected chi connectivity index (χ3v) is 3.88. The predicted molar refractivity (Wildman–Crippen MR) is 98.5 cm³/mol. The monoisotopic (exact) mass is 371 g/mol. The van der Waals surface area contributed by atoms with E-state index in [-0.39, 0.29) is 4.90 Å². The van der Waals surface area contributed by atoms with Crippen molar-refractivity contribution in [1.82, 2.24) is 9.55 Å². The highest BCUT2D eigenvalue weighted by Crippen LogP contribution is 2.17. The van der Waals surface area contributed by atoms with Crippen molar-refractivity contribution in [2.45, 2.75) is 18.2 Å². The second-order valence-electron chi connectivity index (χ2n) is 4.68. The number of halogens is 2. The maximum Gasteiger partial charge on any atom is 0.231 e. The van der Waals surface area contributed by atoms with E-state index < -0.39 is 15.8 Å². The van der Waals surface area contributed by atoms with Crippen molar-refractivity contribution in [3.63, 3.8) is 0 Å². The highest BCUT2D eigenvalue weighted by atomic mass is 32.2. The van der Waals surface area contributed by atoms with Gasteiger partial charge in [0.2, 0.25) is 5.95 Å². The Labute approximate surface area is 147 Å². The molecule has 0 aliphatic carbocycles. The Morgan fingerprint density at radius 3 is 2.24 bits per heavy atom. The summed E-state index contributed by atoms with van der Waals surface area (Å²) in [7, 11) is -1.09. The molecule has 0 bridgehead atoms. The lowest BCUT2D eigenvalue weighted by atomic mass is 10.3. The van der Waals surface area contributed by atoms with Crippen LogP contribution in [-0.2, 0) is 9.84 Å². The molecule has 0 radical (unpaired) electrons. The molecule has 0 saturated heterocycles. The van der Waals surface area contributed by atoms with E-state index in [1.165, 1.54) is 18.3 Å². The zero-order valence-electron chi connectivity index (χ0n) is 14.8. The van der Waals surface area contributed by atoms with Crippen LogP contribution in [0, 0.1) is 5.95 Å². The van der Waals surface area contributed by atoms with Gasteiger partial charge in [-0.1, -0.05) is 13.0 Å². The Morgan fingerprint density at radius 2 is 1.80 bits per heavy atom. The Kier molecular flexibility index (Phi) is 10.2. The maximum atomic E-state index is 13.3. The number of nitrogens with zero attached hydrogens (tertiary/aromatic N) is 3. The maximum absolute atomic E-state index is 13.3. The van der Waals surface area contributed by atoms with Gasteiger partial charge in [-0.05, 0) is 43.5 Å². The average Bonchev–Trinajstić information content (AvgIpc) is 2.95. The Balaban J connectivity index is 0.00000104. The minimum absolute atomic E-state index is 0.229. The number of sulfone groups is 1. The fourth-order valence-electron chi connectivity index (χ4n) is 1.77. The van der Waals surface area contributed by atoms with E-state index in [1.54, 1.807) is 29.8 Å². The first kappa shape index (κ1) is 22.6. The lowest BCUT2D eigenvalue weighted by Crippen LogP contribution is -1.99. The van der Waals surface area contributed by atoms with E-state index >= 15 is 0 Å². The zero-order valence-corrected chi connectivity index (χ0v) is 15.6. The van der Waals surface area contributed by atoms with Crippen LogP contribution < -0.4 is 0 Å². The number of allylic oxidation sites excluding steroid dienone is 1. The summed E-state index contributed by atoms with van der Waals surface area (Å²) in [5.74, 6) is -0.107. The number of aliphatic imine (C=N–C) groups is 1. The van der Waals surface area contributed by atoms with Crippen molar-refractivity contribution >= 4 is 22.6 Å². The molecule has 25 heavy (non-hydrogen) atoms. The predicted octanol–water partition coefficient (Wildman–Crippen LogP) is 3.74. The summed E-state index contributed by atoms with van der Waals surface area (Å²) in [5, 5.41) is 0. The van der Waals surface area contributed by atoms with Crippen molar-refractivity contribution in [3.8, 4) is 5.69 Å². The van der Waals surface area contributed by atoms with E-state index in [0.717, 1.165) is 12.7 Å². The highest BCUT2D eigenvalue weighted by Gasteiger charge is 2.10. The molecule has 1 heterocycles. The van der Waals surface area contributed by atoms with Crippen molar-refractivity contribution in [1.29, 1.82) is 0 Å². The Bertz CT molecular complexity index is 783. The van der Waals surface area contributed by atoms with Gasteiger partial charge in [-0.25, -0.2) is 13.4 Å². The fourth-order valence-corrected chi connectivity index (χ4v) is 2.40. The van der Waals surface area contributed by atoms with Gasteiger partial charge in [0, 0.05) is 19.0 Å². The Hall–Kier alpha value is -2.35. The van der Waals surface area contributed by atoms with E-state index in [4.69, 9.17) is 0 Å². The number of hydrogen-bond acceptors (Lipinski definition) is 4. The van der Waals surface area contributed by atoms with E-state index in [1.807, 2.05) is 13.0 Å². The van der Waals surface area contributed by atoms with Crippen molar-refractivity contribution in [2.75, 3.05) is 20.5 Å². The van der Waals surface area contributed by atoms with E-state index in [9.17, 15) is 17.2 Å². The highest BCUT2D eigenvalue weighted by molar-refractivity contribution is 7.90. The van der Waals surface area contributed by atoms with Crippen LogP contribution in [0.4, 0.5) is 8.78 Å². The van der Waals surface area contributed by atoms with Crippen LogP contribution in [0.2, 0.25) is 0 Å². The van der Waals surface area contributed by atoms with E-state index in [0.29, 0.717) is 18.7 Å². The minimum atomic E-state index is -3.23. The summed E-state index contributed by atoms with van der Waals surface area (Å²) in [6.45, 7) is 5.08. The molecule has 0 aliphatic heterocycles. The molecule has 0 N–H and O–H groups in total. The van der Waals surface area contributed by atoms with Gasteiger partial charge >= 0.3 is 0 Å². The van der Waals surface area contributed by atoms with Crippen LogP contribution in [0.25, 0.3) is 11.8 Å².